The molecule has 1 aliphatic rings. The maximum atomic E-state index is 9.77. The molecule has 0 aromatic heterocycles. The Morgan fingerprint density at radius 3 is 3.00 bits per heavy atom. The molecule has 0 spiro atoms. The largest absolute Gasteiger partial charge is 0.246 e. The van der Waals surface area contributed by atoms with Crippen LogP contribution in [0.1, 0.15) is 6.92 Å². The first-order valence-electron chi connectivity index (χ1n) is 2.56. The Morgan fingerprint density at radius 2 is 2.56 bits per heavy atom. The molecule has 1 aliphatic heterocycles. The van der Waals surface area contributed by atoms with Gasteiger partial charge >= 0.3 is 0 Å². The molecular weight excluding hydrogens is 134 g/mol. The van der Waals surface area contributed by atoms with Crippen LogP contribution < -0.4 is 0 Å². The average molecular weight is 141 g/mol. The fourth-order valence-electron chi connectivity index (χ4n) is 0.614. The lowest BCUT2D eigenvalue weighted by Crippen LogP contribution is -1.66. The van der Waals surface area contributed by atoms with Crippen molar-refractivity contribution in [3.8, 4) is 0 Å². The van der Waals surface area contributed by atoms with Crippen molar-refractivity contribution in [2.24, 2.45) is 4.40 Å². The molecule has 0 amide bonds. The molecule has 2 nitrogen and oxygen atoms in total. The molecule has 1 unspecified atom stereocenters. The number of nitrogens with zero attached hydrogens (tertiary/aromatic N) is 1. The van der Waals surface area contributed by atoms with Crippen molar-refractivity contribution in [1.29, 1.82) is 0 Å². The van der Waals surface area contributed by atoms with Gasteiger partial charge in [0.05, 0.1) is 0 Å². The number of isocyanates is 1. The minimum Gasteiger partial charge on any atom is -0.210 e. The van der Waals surface area contributed by atoms with Crippen LogP contribution in [0.3, 0.4) is 0 Å². The van der Waals surface area contributed by atoms with E-state index in [1.165, 1.54) is 0 Å². The highest BCUT2D eigenvalue weighted by Gasteiger charge is 2.01. The highest BCUT2D eigenvalue weighted by Crippen LogP contribution is 2.40. The molecule has 0 N–H and O–H groups in total. The minimum absolute atomic E-state index is 0.624. The highest BCUT2D eigenvalue weighted by atomic mass is 32.2. The quantitative estimate of drug-likeness (QED) is 0.336. The van der Waals surface area contributed by atoms with Gasteiger partial charge < -0.3 is 0 Å². The number of hydrogen-bond donors (Lipinski definition) is 1. The first kappa shape index (κ1) is 6.33. The second-order valence-corrected chi connectivity index (χ2v) is 3.58. The molecule has 1 heterocycles. The topological polar surface area (TPSA) is 29.4 Å². The highest BCUT2D eigenvalue weighted by molar-refractivity contribution is 8.22. The van der Waals surface area contributed by atoms with Crippen molar-refractivity contribution in [3.63, 3.8) is 0 Å². The van der Waals surface area contributed by atoms with E-state index in [-0.39, 0.29) is 0 Å². The Balaban J connectivity index is 2.74. The summed E-state index contributed by atoms with van der Waals surface area (Å²) in [5, 5.41) is 1.93. The van der Waals surface area contributed by atoms with E-state index in [1.54, 1.807) is 6.08 Å². The van der Waals surface area contributed by atoms with Crippen molar-refractivity contribution < 1.29 is 4.79 Å². The van der Waals surface area contributed by atoms with E-state index in [1.807, 2.05) is 24.5 Å². The zero-order valence-electron chi connectivity index (χ0n) is 5.03. The first-order chi connectivity index (χ1) is 4.34. The molecule has 0 saturated heterocycles. The van der Waals surface area contributed by atoms with Crippen LogP contribution >= 0.6 is 11.1 Å². The molecule has 48 valence electrons. The zero-order valence-corrected chi connectivity index (χ0v) is 5.93. The van der Waals surface area contributed by atoms with Crippen LogP contribution in [0.15, 0.2) is 26.9 Å². The van der Waals surface area contributed by atoms with Gasteiger partial charge in [-0.05, 0) is 17.2 Å². The van der Waals surface area contributed by atoms with Crippen LogP contribution in [0.4, 0.5) is 0 Å². The number of carbonyl (C=O) groups excluding carboxylic acids is 1. The molecule has 0 saturated carbocycles. The van der Waals surface area contributed by atoms with Crippen LogP contribution in [0.5, 0.6) is 0 Å². The monoisotopic (exact) mass is 141 g/mol. The lowest BCUT2D eigenvalue weighted by atomic mass is 10.5. The zero-order chi connectivity index (χ0) is 6.69. The predicted molar refractivity (Wildman–Crippen MR) is 40.0 cm³/mol. The normalized spacial score (nSPS) is 27.2. The van der Waals surface area contributed by atoms with Gasteiger partial charge in [0.1, 0.15) is 0 Å². The molecule has 1 atom stereocenters. The van der Waals surface area contributed by atoms with E-state index < -0.39 is 11.1 Å². The van der Waals surface area contributed by atoms with Crippen molar-refractivity contribution in [2.75, 3.05) is 0 Å². The van der Waals surface area contributed by atoms with E-state index >= 15 is 0 Å². The third kappa shape index (κ3) is 1.31. The van der Waals surface area contributed by atoms with Gasteiger partial charge in [0.2, 0.25) is 6.08 Å². The minimum atomic E-state index is -0.624. The molecule has 9 heavy (non-hydrogen) atoms. The molecule has 1 rings (SSSR count). The van der Waals surface area contributed by atoms with Crippen molar-refractivity contribution >= 4 is 17.2 Å². The molecular formula is C6H7NOS. The molecule has 0 aromatic rings. The molecule has 3 heteroatoms. The lowest BCUT2D eigenvalue weighted by Gasteiger charge is -2.02. The van der Waals surface area contributed by atoms with E-state index in [2.05, 4.69) is 4.40 Å². The van der Waals surface area contributed by atoms with Gasteiger partial charge in [-0.15, -0.1) is 11.1 Å². The van der Waals surface area contributed by atoms with Gasteiger partial charge in [-0.2, -0.15) is 4.40 Å². The molecule has 0 fully saturated rings. The van der Waals surface area contributed by atoms with Crippen molar-refractivity contribution in [1.82, 2.24) is 0 Å². The SMILES string of the molecule is CC1=CC=C[SH]1N=C=O. The maximum Gasteiger partial charge on any atom is 0.246 e. The fourth-order valence-corrected chi connectivity index (χ4v) is 1.65. The van der Waals surface area contributed by atoms with Gasteiger partial charge in [-0.1, -0.05) is 12.2 Å². The molecule has 0 bridgehead atoms. The first-order valence-corrected chi connectivity index (χ1v) is 3.93. The predicted octanol–water partition coefficient (Wildman–Crippen LogP) is 1.67. The van der Waals surface area contributed by atoms with Crippen LogP contribution in [-0.4, -0.2) is 6.08 Å². The average Bonchev–Trinajstić information content (AvgIpc) is 2.18. The van der Waals surface area contributed by atoms with Gasteiger partial charge in [0, 0.05) is 0 Å². The van der Waals surface area contributed by atoms with Crippen LogP contribution in [0.2, 0.25) is 0 Å². The van der Waals surface area contributed by atoms with Crippen LogP contribution in [-0.2, 0) is 4.79 Å². The summed E-state index contributed by atoms with van der Waals surface area (Å²) in [5.41, 5.74) is 0. The Kier molecular flexibility index (Phi) is 1.88. The summed E-state index contributed by atoms with van der Waals surface area (Å²) in [6.45, 7) is 1.96. The van der Waals surface area contributed by atoms with E-state index in [4.69, 9.17) is 0 Å². The summed E-state index contributed by atoms with van der Waals surface area (Å²) in [6, 6.07) is 0. The fraction of sp³-hybridized carbons (Fsp3) is 0.167. The maximum absolute atomic E-state index is 9.77. The summed E-state index contributed by atoms with van der Waals surface area (Å²) in [7, 11) is 0. The number of thiol groups is 1. The van der Waals surface area contributed by atoms with E-state index in [0.717, 1.165) is 4.91 Å². The Labute approximate surface area is 56.5 Å². The molecule has 0 aliphatic carbocycles. The van der Waals surface area contributed by atoms with E-state index in [0.29, 0.717) is 0 Å². The van der Waals surface area contributed by atoms with Crippen LogP contribution in [0, 0.1) is 0 Å². The third-order valence-electron chi connectivity index (χ3n) is 1.07. The second-order valence-electron chi connectivity index (χ2n) is 1.69. The molecule has 0 aromatic carbocycles. The van der Waals surface area contributed by atoms with Gasteiger partial charge in [-0.25, -0.2) is 4.79 Å². The summed E-state index contributed by atoms with van der Waals surface area (Å²) in [4.78, 5) is 10.9. The number of rotatable bonds is 1. The molecule has 0 radical (unpaired) electrons. The van der Waals surface area contributed by atoms with Crippen molar-refractivity contribution in [3.05, 3.63) is 22.5 Å². The summed E-state index contributed by atoms with van der Waals surface area (Å²) >= 11 is -0.624. The smallest absolute Gasteiger partial charge is 0.210 e. The van der Waals surface area contributed by atoms with Crippen LogP contribution in [0.25, 0.3) is 0 Å². The van der Waals surface area contributed by atoms with E-state index in [9.17, 15) is 4.79 Å². The number of allylic oxidation sites excluding steroid dienone is 3. The van der Waals surface area contributed by atoms with Gasteiger partial charge in [0.25, 0.3) is 0 Å². The summed E-state index contributed by atoms with van der Waals surface area (Å²) in [5.74, 6) is 0. The Bertz CT molecular complexity index is 213. The standard InChI is InChI=1S/C6H7NOS/c1-6-3-2-4-9(6)7-5-8/h2-4,9H,1H3. The summed E-state index contributed by atoms with van der Waals surface area (Å²) < 4.78 is 3.61. The van der Waals surface area contributed by atoms with Gasteiger partial charge in [0.15, 0.2) is 0 Å². The Hall–Kier alpha value is -0.790. The lowest BCUT2D eigenvalue weighted by molar-refractivity contribution is 0.566. The Morgan fingerprint density at radius 1 is 1.78 bits per heavy atom. The van der Waals surface area contributed by atoms with Gasteiger partial charge in [-0.3, -0.25) is 0 Å². The third-order valence-corrected chi connectivity index (χ3v) is 2.70. The summed E-state index contributed by atoms with van der Waals surface area (Å²) in [6.07, 6.45) is 5.44. The second kappa shape index (κ2) is 2.67. The number of hydrogen-bond acceptors (Lipinski definition) is 2. The van der Waals surface area contributed by atoms with Crippen molar-refractivity contribution in [2.45, 2.75) is 6.92 Å².